The molecule has 0 amide bonds. The number of benzene rings is 3. The van der Waals surface area contributed by atoms with E-state index in [-0.39, 0.29) is 6.79 Å². The molecule has 0 fully saturated rings. The molecule has 1 atom stereocenters. The highest BCUT2D eigenvalue weighted by Crippen LogP contribution is 2.43. The van der Waals surface area contributed by atoms with Crippen LogP contribution >= 0.6 is 0 Å². The minimum absolute atomic E-state index is 0.103. The number of ether oxygens (including phenoxy) is 3. The zero-order valence-corrected chi connectivity index (χ0v) is 15.4. The second-order valence-corrected chi connectivity index (χ2v) is 6.04. The van der Waals surface area contributed by atoms with Crippen molar-refractivity contribution >= 4 is 5.69 Å². The summed E-state index contributed by atoms with van der Waals surface area (Å²) in [5.41, 5.74) is 9.55. The first-order valence-electron chi connectivity index (χ1n) is 8.57. The summed E-state index contributed by atoms with van der Waals surface area (Å²) < 4.78 is 16.3. The van der Waals surface area contributed by atoms with Crippen molar-refractivity contribution in [1.82, 2.24) is 0 Å². The highest BCUT2D eigenvalue weighted by atomic mass is 16.7. The molecule has 0 aliphatic carbocycles. The number of anilines is 1. The topological polar surface area (TPSA) is 73.9 Å². The van der Waals surface area contributed by atoms with E-state index in [2.05, 4.69) is 0 Å². The van der Waals surface area contributed by atoms with Crippen LogP contribution in [0.5, 0.6) is 11.5 Å². The number of nitrogens with two attached hydrogens (primary N) is 1. The minimum Gasteiger partial charge on any atom is -0.496 e. The Morgan fingerprint density at radius 1 is 0.926 bits per heavy atom. The zero-order valence-electron chi connectivity index (χ0n) is 15.4. The molecule has 0 aliphatic heterocycles. The number of aliphatic hydroxyl groups excluding tert-OH is 1. The van der Waals surface area contributed by atoms with Gasteiger partial charge in [-0.2, -0.15) is 0 Å². The van der Waals surface area contributed by atoms with Crippen LogP contribution in [0.25, 0.3) is 11.1 Å². The molecule has 0 spiro atoms. The van der Waals surface area contributed by atoms with Crippen molar-refractivity contribution in [1.29, 1.82) is 0 Å². The number of hydrogen-bond acceptors (Lipinski definition) is 5. The van der Waals surface area contributed by atoms with Crippen molar-refractivity contribution in [3.05, 3.63) is 77.9 Å². The molecule has 3 N–H and O–H groups in total. The van der Waals surface area contributed by atoms with Crippen molar-refractivity contribution in [3.8, 4) is 22.6 Å². The SMILES string of the molecule is COCOc1cccc(OC)c1-c1ccc(N)cc1C(O)c1ccccc1. The number of rotatable bonds is 7. The van der Waals surface area contributed by atoms with E-state index in [4.69, 9.17) is 19.9 Å². The lowest BCUT2D eigenvalue weighted by Crippen LogP contribution is -2.06. The van der Waals surface area contributed by atoms with E-state index >= 15 is 0 Å². The van der Waals surface area contributed by atoms with Gasteiger partial charge in [-0.3, -0.25) is 0 Å². The summed E-state index contributed by atoms with van der Waals surface area (Å²) in [7, 11) is 3.16. The van der Waals surface area contributed by atoms with Gasteiger partial charge in [0.1, 0.15) is 17.6 Å². The standard InChI is InChI=1S/C22H23NO4/c1-25-14-27-20-10-6-9-19(26-2)21(20)17-12-11-16(23)13-18(17)22(24)15-7-4-3-5-8-15/h3-13,22,24H,14,23H2,1-2H3. The largest absolute Gasteiger partial charge is 0.496 e. The molecule has 0 aromatic heterocycles. The summed E-state index contributed by atoms with van der Waals surface area (Å²) in [4.78, 5) is 0. The predicted octanol–water partition coefficient (Wildman–Crippen LogP) is 4.01. The summed E-state index contributed by atoms with van der Waals surface area (Å²) in [6.07, 6.45) is -0.843. The lowest BCUT2D eigenvalue weighted by Gasteiger charge is -2.20. The highest BCUT2D eigenvalue weighted by molar-refractivity contribution is 5.81. The molecular weight excluding hydrogens is 342 g/mol. The molecule has 5 nitrogen and oxygen atoms in total. The number of hydrogen-bond donors (Lipinski definition) is 2. The maximum atomic E-state index is 11.0. The molecule has 0 saturated carbocycles. The Hall–Kier alpha value is -3.02. The molecule has 27 heavy (non-hydrogen) atoms. The molecule has 3 aromatic rings. The van der Waals surface area contributed by atoms with Gasteiger partial charge >= 0.3 is 0 Å². The molecule has 5 heteroatoms. The average molecular weight is 365 g/mol. The second kappa shape index (κ2) is 8.58. The van der Waals surface area contributed by atoms with Gasteiger partial charge in [-0.25, -0.2) is 0 Å². The maximum Gasteiger partial charge on any atom is 0.188 e. The smallest absolute Gasteiger partial charge is 0.188 e. The number of methoxy groups -OCH3 is 2. The lowest BCUT2D eigenvalue weighted by molar-refractivity contribution is 0.0514. The van der Waals surface area contributed by atoms with Crippen LogP contribution in [0, 0.1) is 0 Å². The van der Waals surface area contributed by atoms with Crippen LogP contribution in [0.2, 0.25) is 0 Å². The van der Waals surface area contributed by atoms with E-state index in [1.165, 1.54) is 0 Å². The van der Waals surface area contributed by atoms with Crippen LogP contribution in [0.3, 0.4) is 0 Å². The molecule has 1 unspecified atom stereocenters. The van der Waals surface area contributed by atoms with Gasteiger partial charge in [0.15, 0.2) is 6.79 Å². The van der Waals surface area contributed by atoms with Crippen molar-refractivity contribution in [2.75, 3.05) is 26.7 Å². The normalized spacial score (nSPS) is 11.8. The first-order chi connectivity index (χ1) is 13.2. The number of nitrogen functional groups attached to an aromatic ring is 1. The van der Waals surface area contributed by atoms with Crippen LogP contribution in [0.1, 0.15) is 17.2 Å². The van der Waals surface area contributed by atoms with Gasteiger partial charge in [-0.05, 0) is 41.0 Å². The third-order valence-corrected chi connectivity index (χ3v) is 4.30. The second-order valence-electron chi connectivity index (χ2n) is 6.04. The van der Waals surface area contributed by atoms with E-state index < -0.39 is 6.10 Å². The summed E-state index contributed by atoms with van der Waals surface area (Å²) >= 11 is 0. The van der Waals surface area contributed by atoms with Crippen LogP contribution in [0.15, 0.2) is 66.7 Å². The van der Waals surface area contributed by atoms with Crippen molar-refractivity contribution < 1.29 is 19.3 Å². The van der Waals surface area contributed by atoms with Crippen molar-refractivity contribution in [3.63, 3.8) is 0 Å². The van der Waals surface area contributed by atoms with Gasteiger partial charge in [-0.1, -0.05) is 42.5 Å². The summed E-state index contributed by atoms with van der Waals surface area (Å²) in [5, 5.41) is 11.0. The van der Waals surface area contributed by atoms with Crippen molar-refractivity contribution in [2.45, 2.75) is 6.10 Å². The Morgan fingerprint density at radius 2 is 1.67 bits per heavy atom. The third-order valence-electron chi connectivity index (χ3n) is 4.30. The van der Waals surface area contributed by atoms with E-state index in [0.717, 1.165) is 16.7 Å². The van der Waals surface area contributed by atoms with Crippen LogP contribution in [-0.4, -0.2) is 26.1 Å². The fourth-order valence-electron chi connectivity index (χ4n) is 3.04. The van der Waals surface area contributed by atoms with Gasteiger partial charge in [0.2, 0.25) is 0 Å². The van der Waals surface area contributed by atoms with Gasteiger partial charge in [0.25, 0.3) is 0 Å². The zero-order chi connectivity index (χ0) is 19.2. The summed E-state index contributed by atoms with van der Waals surface area (Å²) in [5.74, 6) is 1.23. The monoisotopic (exact) mass is 365 g/mol. The Kier molecular flexibility index (Phi) is 5.96. The first kappa shape index (κ1) is 18.8. The Labute approximate surface area is 158 Å². The Morgan fingerprint density at radius 3 is 2.37 bits per heavy atom. The third kappa shape index (κ3) is 4.05. The fraction of sp³-hybridized carbons (Fsp3) is 0.182. The van der Waals surface area contributed by atoms with Gasteiger partial charge in [0.05, 0.1) is 12.7 Å². The minimum atomic E-state index is -0.843. The molecule has 0 aliphatic rings. The van der Waals surface area contributed by atoms with Crippen molar-refractivity contribution in [2.24, 2.45) is 0 Å². The molecule has 0 saturated heterocycles. The van der Waals surface area contributed by atoms with E-state index in [1.54, 1.807) is 26.4 Å². The Bertz CT molecular complexity index is 896. The van der Waals surface area contributed by atoms with Gasteiger partial charge in [0, 0.05) is 12.8 Å². The summed E-state index contributed by atoms with van der Waals surface area (Å²) in [6.45, 7) is 0.103. The first-order valence-corrected chi connectivity index (χ1v) is 8.57. The average Bonchev–Trinajstić information content (AvgIpc) is 2.72. The van der Waals surface area contributed by atoms with Crippen LogP contribution < -0.4 is 15.2 Å². The van der Waals surface area contributed by atoms with Crippen LogP contribution in [0.4, 0.5) is 5.69 Å². The highest BCUT2D eigenvalue weighted by Gasteiger charge is 2.21. The maximum absolute atomic E-state index is 11.0. The molecule has 140 valence electrons. The van der Waals surface area contributed by atoms with Gasteiger partial charge in [-0.15, -0.1) is 0 Å². The molecule has 0 heterocycles. The molecule has 3 rings (SSSR count). The van der Waals surface area contributed by atoms with Crippen LogP contribution in [-0.2, 0) is 4.74 Å². The van der Waals surface area contributed by atoms with E-state index in [9.17, 15) is 5.11 Å². The molecule has 0 bridgehead atoms. The Balaban J connectivity index is 2.18. The predicted molar refractivity (Wildman–Crippen MR) is 106 cm³/mol. The molecular formula is C22H23NO4. The number of aliphatic hydroxyl groups is 1. The summed E-state index contributed by atoms with van der Waals surface area (Å²) in [6, 6.07) is 20.4. The molecule has 0 radical (unpaired) electrons. The lowest BCUT2D eigenvalue weighted by atomic mass is 9.91. The van der Waals surface area contributed by atoms with E-state index in [0.29, 0.717) is 22.7 Å². The molecule has 3 aromatic carbocycles. The van der Waals surface area contributed by atoms with E-state index in [1.807, 2.05) is 54.6 Å². The van der Waals surface area contributed by atoms with Gasteiger partial charge < -0.3 is 25.1 Å². The fourth-order valence-corrected chi connectivity index (χ4v) is 3.04. The quantitative estimate of drug-likeness (QED) is 0.489.